The van der Waals surface area contributed by atoms with Crippen molar-refractivity contribution in [2.45, 2.75) is 30.0 Å². The van der Waals surface area contributed by atoms with E-state index in [-0.39, 0.29) is 11.2 Å². The van der Waals surface area contributed by atoms with Crippen LogP contribution in [0.2, 0.25) is 0 Å². The van der Waals surface area contributed by atoms with Gasteiger partial charge >= 0.3 is 0 Å². The minimum Gasteiger partial charge on any atom is -0.345 e. The Hall–Kier alpha value is -1.00. The molecule has 0 aromatic heterocycles. The number of nitrogens with one attached hydrogen (secondary N) is 1. The van der Waals surface area contributed by atoms with Crippen LogP contribution in [0.25, 0.3) is 0 Å². The molecule has 1 unspecified atom stereocenters. The Morgan fingerprint density at radius 1 is 1.39 bits per heavy atom. The Labute approximate surface area is 113 Å². The summed E-state index contributed by atoms with van der Waals surface area (Å²) in [5.74, 6) is 0.261. The second kappa shape index (κ2) is 6.25. The van der Waals surface area contributed by atoms with E-state index in [9.17, 15) is 4.79 Å². The van der Waals surface area contributed by atoms with E-state index in [0.717, 1.165) is 26.1 Å². The first-order chi connectivity index (χ1) is 8.70. The minimum absolute atomic E-state index is 0.106. The number of rotatable bonds is 5. The fourth-order valence-electron chi connectivity index (χ4n) is 2.02. The van der Waals surface area contributed by atoms with E-state index in [1.54, 1.807) is 11.8 Å². The summed E-state index contributed by atoms with van der Waals surface area (Å²) in [6.45, 7) is 4.88. The molecule has 0 aliphatic carbocycles. The van der Waals surface area contributed by atoms with Crippen LogP contribution in [0, 0.1) is 0 Å². The Balaban J connectivity index is 1.92. The van der Waals surface area contributed by atoms with E-state index in [1.807, 2.05) is 11.9 Å². The van der Waals surface area contributed by atoms with Gasteiger partial charge in [-0.1, -0.05) is 19.1 Å². The van der Waals surface area contributed by atoms with E-state index in [1.165, 1.54) is 10.5 Å². The van der Waals surface area contributed by atoms with Gasteiger partial charge in [0.15, 0.2) is 0 Å². The highest BCUT2D eigenvalue weighted by atomic mass is 32.2. The van der Waals surface area contributed by atoms with Gasteiger partial charge in [-0.25, -0.2) is 0 Å². The van der Waals surface area contributed by atoms with Crippen LogP contribution in [0.15, 0.2) is 29.2 Å². The molecule has 0 bridgehead atoms. The topological polar surface area (TPSA) is 32.3 Å². The number of hydrogen-bond acceptors (Lipinski definition) is 3. The summed E-state index contributed by atoms with van der Waals surface area (Å²) in [5, 5.41) is 3.41. The largest absolute Gasteiger partial charge is 0.345 e. The monoisotopic (exact) mass is 264 g/mol. The smallest absolute Gasteiger partial charge is 0.235 e. The van der Waals surface area contributed by atoms with Gasteiger partial charge in [0, 0.05) is 25.0 Å². The molecule has 1 saturated heterocycles. The molecule has 1 aliphatic heterocycles. The van der Waals surface area contributed by atoms with Crippen LogP contribution in [-0.2, 0) is 11.3 Å². The van der Waals surface area contributed by atoms with Gasteiger partial charge in [0.1, 0.15) is 0 Å². The standard InChI is InChI=1S/C14H20N2OS/c1-3-15-10-11-4-6-12(7-5-11)18-13-8-9-16(2)14(13)17/h4-7,13,15H,3,8-10H2,1-2H3. The third-order valence-corrected chi connectivity index (χ3v) is 4.43. The van der Waals surface area contributed by atoms with Crippen molar-refractivity contribution >= 4 is 17.7 Å². The van der Waals surface area contributed by atoms with Crippen molar-refractivity contribution in [3.05, 3.63) is 29.8 Å². The molecule has 0 spiro atoms. The molecule has 4 heteroatoms. The predicted octanol–water partition coefficient (Wildman–Crippen LogP) is 2.12. The number of thioether (sulfide) groups is 1. The zero-order valence-corrected chi connectivity index (χ0v) is 11.8. The SMILES string of the molecule is CCNCc1ccc(SC2CCN(C)C2=O)cc1. The first-order valence-electron chi connectivity index (χ1n) is 6.42. The van der Waals surface area contributed by atoms with E-state index in [4.69, 9.17) is 0 Å². The molecule has 18 heavy (non-hydrogen) atoms. The molecule has 1 N–H and O–H groups in total. The highest BCUT2D eigenvalue weighted by molar-refractivity contribution is 8.00. The first kappa shape index (κ1) is 13.4. The van der Waals surface area contributed by atoms with Crippen LogP contribution in [-0.4, -0.2) is 36.2 Å². The van der Waals surface area contributed by atoms with Crippen LogP contribution in [0.5, 0.6) is 0 Å². The molecule has 0 saturated carbocycles. The molecule has 1 amide bonds. The molecule has 1 aromatic carbocycles. The number of carbonyl (C=O) groups is 1. The lowest BCUT2D eigenvalue weighted by Gasteiger charge is -2.10. The molecule has 0 radical (unpaired) electrons. The molecule has 98 valence electrons. The van der Waals surface area contributed by atoms with Gasteiger partial charge in [-0.05, 0) is 30.7 Å². The Morgan fingerprint density at radius 2 is 2.11 bits per heavy atom. The third-order valence-electron chi connectivity index (χ3n) is 3.16. The predicted molar refractivity (Wildman–Crippen MR) is 75.7 cm³/mol. The van der Waals surface area contributed by atoms with Crippen molar-refractivity contribution in [1.82, 2.24) is 10.2 Å². The first-order valence-corrected chi connectivity index (χ1v) is 7.30. The maximum Gasteiger partial charge on any atom is 0.235 e. The molecule has 2 rings (SSSR count). The van der Waals surface area contributed by atoms with Gasteiger partial charge < -0.3 is 10.2 Å². The molecule has 1 aromatic rings. The molecule has 1 aliphatic rings. The second-order valence-electron chi connectivity index (χ2n) is 4.58. The zero-order chi connectivity index (χ0) is 13.0. The Kier molecular flexibility index (Phi) is 4.66. The van der Waals surface area contributed by atoms with Crippen molar-refractivity contribution in [3.63, 3.8) is 0 Å². The number of likely N-dealkylation sites (tertiary alicyclic amines) is 1. The van der Waals surface area contributed by atoms with Gasteiger partial charge in [-0.3, -0.25) is 4.79 Å². The summed E-state index contributed by atoms with van der Waals surface area (Å²) in [5.41, 5.74) is 1.29. The molecule has 1 fully saturated rings. The fraction of sp³-hybridized carbons (Fsp3) is 0.500. The fourth-order valence-corrected chi connectivity index (χ4v) is 3.14. The number of benzene rings is 1. The summed E-state index contributed by atoms with van der Waals surface area (Å²) < 4.78 is 0. The van der Waals surface area contributed by atoms with E-state index < -0.39 is 0 Å². The third kappa shape index (κ3) is 3.27. The van der Waals surface area contributed by atoms with E-state index in [0.29, 0.717) is 0 Å². The number of amides is 1. The van der Waals surface area contributed by atoms with Crippen LogP contribution in [0.1, 0.15) is 18.9 Å². The van der Waals surface area contributed by atoms with Crippen molar-refractivity contribution in [2.75, 3.05) is 20.1 Å². The highest BCUT2D eigenvalue weighted by Crippen LogP contribution is 2.30. The number of carbonyl (C=O) groups excluding carboxylic acids is 1. The quantitative estimate of drug-likeness (QED) is 0.884. The minimum atomic E-state index is 0.106. The Morgan fingerprint density at radius 3 is 2.67 bits per heavy atom. The normalized spacial score (nSPS) is 19.6. The summed E-state index contributed by atoms with van der Waals surface area (Å²) in [6.07, 6.45) is 0.957. The maximum absolute atomic E-state index is 11.8. The number of hydrogen-bond donors (Lipinski definition) is 1. The molecule has 1 atom stereocenters. The van der Waals surface area contributed by atoms with Gasteiger partial charge in [0.2, 0.25) is 5.91 Å². The van der Waals surface area contributed by atoms with Crippen LogP contribution in [0.4, 0.5) is 0 Å². The average Bonchev–Trinajstić information content (AvgIpc) is 2.70. The summed E-state index contributed by atoms with van der Waals surface area (Å²) in [4.78, 5) is 14.8. The highest BCUT2D eigenvalue weighted by Gasteiger charge is 2.29. The molecular formula is C14H20N2OS. The lowest BCUT2D eigenvalue weighted by molar-refractivity contribution is -0.126. The lowest BCUT2D eigenvalue weighted by Crippen LogP contribution is -2.23. The van der Waals surface area contributed by atoms with E-state index >= 15 is 0 Å². The average molecular weight is 264 g/mol. The second-order valence-corrected chi connectivity index (χ2v) is 5.86. The lowest BCUT2D eigenvalue weighted by atomic mass is 10.2. The van der Waals surface area contributed by atoms with Gasteiger partial charge in [-0.15, -0.1) is 11.8 Å². The number of nitrogens with zero attached hydrogens (tertiary/aromatic N) is 1. The van der Waals surface area contributed by atoms with Crippen LogP contribution < -0.4 is 5.32 Å². The van der Waals surface area contributed by atoms with Gasteiger partial charge in [-0.2, -0.15) is 0 Å². The molecule has 1 heterocycles. The zero-order valence-electron chi connectivity index (χ0n) is 11.0. The molecular weight excluding hydrogens is 244 g/mol. The molecule has 3 nitrogen and oxygen atoms in total. The summed E-state index contributed by atoms with van der Waals surface area (Å²) in [7, 11) is 1.88. The summed E-state index contributed by atoms with van der Waals surface area (Å²) in [6, 6.07) is 8.49. The van der Waals surface area contributed by atoms with Gasteiger partial charge in [0.05, 0.1) is 5.25 Å². The van der Waals surface area contributed by atoms with Crippen molar-refractivity contribution in [3.8, 4) is 0 Å². The van der Waals surface area contributed by atoms with Crippen LogP contribution >= 0.6 is 11.8 Å². The van der Waals surface area contributed by atoms with Crippen molar-refractivity contribution < 1.29 is 4.79 Å². The van der Waals surface area contributed by atoms with Crippen LogP contribution in [0.3, 0.4) is 0 Å². The van der Waals surface area contributed by atoms with E-state index in [2.05, 4.69) is 36.5 Å². The maximum atomic E-state index is 11.8. The van der Waals surface area contributed by atoms with Crippen molar-refractivity contribution in [1.29, 1.82) is 0 Å². The van der Waals surface area contributed by atoms with Gasteiger partial charge in [0.25, 0.3) is 0 Å². The Bertz CT molecular complexity index is 405. The summed E-state index contributed by atoms with van der Waals surface area (Å²) >= 11 is 1.68. The van der Waals surface area contributed by atoms with Crippen molar-refractivity contribution in [2.24, 2.45) is 0 Å².